The van der Waals surface area contributed by atoms with Crippen molar-refractivity contribution in [3.05, 3.63) is 34.0 Å². The smallest absolute Gasteiger partial charge is 0.0897 e. The summed E-state index contributed by atoms with van der Waals surface area (Å²) in [7, 11) is 0. The lowest BCUT2D eigenvalue weighted by Gasteiger charge is -1.99. The number of aliphatic hydroxyl groups is 1. The fourth-order valence-electron chi connectivity index (χ4n) is 1.55. The van der Waals surface area contributed by atoms with Gasteiger partial charge in [0.15, 0.2) is 0 Å². The molecule has 0 saturated heterocycles. The van der Waals surface area contributed by atoms with Gasteiger partial charge in [-0.2, -0.15) is 5.10 Å². The Hall–Kier alpha value is -1.24. The van der Waals surface area contributed by atoms with E-state index in [-0.39, 0.29) is 6.61 Å². The number of aryl methyl sites for hydroxylation is 1. The van der Waals surface area contributed by atoms with Crippen molar-refractivity contribution in [1.82, 2.24) is 20.1 Å². The highest BCUT2D eigenvalue weighted by atomic mass is 32.1. The lowest BCUT2D eigenvalue weighted by molar-refractivity contribution is 0.269. The molecule has 0 bridgehead atoms. The summed E-state index contributed by atoms with van der Waals surface area (Å²) in [6, 6.07) is 0. The molecule has 0 radical (unpaired) electrons. The second-order valence-electron chi connectivity index (χ2n) is 3.80. The van der Waals surface area contributed by atoms with E-state index in [1.54, 1.807) is 16.0 Å². The van der Waals surface area contributed by atoms with Crippen LogP contribution in [0.4, 0.5) is 0 Å². The third kappa shape index (κ3) is 3.62. The zero-order valence-electron chi connectivity index (χ0n) is 9.76. The second-order valence-corrected chi connectivity index (χ2v) is 4.86. The van der Waals surface area contributed by atoms with Crippen LogP contribution in [0.2, 0.25) is 0 Å². The Morgan fingerprint density at radius 1 is 1.47 bits per heavy atom. The van der Waals surface area contributed by atoms with Gasteiger partial charge in [0, 0.05) is 30.2 Å². The van der Waals surface area contributed by atoms with Gasteiger partial charge >= 0.3 is 0 Å². The van der Waals surface area contributed by atoms with E-state index in [0.29, 0.717) is 6.54 Å². The Balaban J connectivity index is 1.77. The van der Waals surface area contributed by atoms with Crippen molar-refractivity contribution >= 4 is 11.3 Å². The number of hydrogen-bond donors (Lipinski definition) is 2. The predicted octanol–water partition coefficient (Wildman–Crippen LogP) is 0.930. The summed E-state index contributed by atoms with van der Waals surface area (Å²) >= 11 is 1.67. The van der Waals surface area contributed by atoms with E-state index in [2.05, 4.69) is 20.8 Å². The number of nitrogens with one attached hydrogen (secondary N) is 1. The van der Waals surface area contributed by atoms with Crippen LogP contribution in [0.3, 0.4) is 0 Å². The Labute approximate surface area is 104 Å². The Morgan fingerprint density at radius 2 is 2.35 bits per heavy atom. The Kier molecular flexibility index (Phi) is 4.24. The van der Waals surface area contributed by atoms with Crippen LogP contribution in [-0.4, -0.2) is 26.5 Å². The fourth-order valence-corrected chi connectivity index (χ4v) is 2.16. The summed E-state index contributed by atoms with van der Waals surface area (Å²) in [4.78, 5) is 4.38. The largest absolute Gasteiger partial charge is 0.394 e. The van der Waals surface area contributed by atoms with Gasteiger partial charge in [0.2, 0.25) is 0 Å². The van der Waals surface area contributed by atoms with Crippen molar-refractivity contribution in [3.63, 3.8) is 0 Å². The van der Waals surface area contributed by atoms with Crippen molar-refractivity contribution < 1.29 is 5.11 Å². The van der Waals surface area contributed by atoms with Gasteiger partial charge in [-0.05, 0) is 6.92 Å². The summed E-state index contributed by atoms with van der Waals surface area (Å²) in [6.07, 6.45) is 3.75. The molecule has 0 atom stereocenters. The van der Waals surface area contributed by atoms with Gasteiger partial charge in [0.1, 0.15) is 0 Å². The molecule has 0 aromatic carbocycles. The highest BCUT2D eigenvalue weighted by Gasteiger charge is 2.00. The molecule has 6 heteroatoms. The van der Waals surface area contributed by atoms with Crippen molar-refractivity contribution in [3.8, 4) is 0 Å². The van der Waals surface area contributed by atoms with E-state index >= 15 is 0 Å². The number of nitrogens with zero attached hydrogens (tertiary/aromatic N) is 3. The van der Waals surface area contributed by atoms with Crippen LogP contribution in [0.5, 0.6) is 0 Å². The van der Waals surface area contributed by atoms with E-state index in [9.17, 15) is 0 Å². The van der Waals surface area contributed by atoms with Crippen LogP contribution in [0, 0.1) is 6.92 Å². The molecule has 0 aliphatic rings. The molecule has 0 saturated carbocycles. The normalized spacial score (nSPS) is 10.9. The van der Waals surface area contributed by atoms with E-state index < -0.39 is 0 Å². The monoisotopic (exact) mass is 252 g/mol. The van der Waals surface area contributed by atoms with Crippen LogP contribution in [0.25, 0.3) is 0 Å². The van der Waals surface area contributed by atoms with Crippen molar-refractivity contribution in [2.24, 2.45) is 0 Å². The maximum absolute atomic E-state index is 8.77. The molecule has 0 spiro atoms. The molecular formula is C11H16N4OS. The highest BCUT2D eigenvalue weighted by molar-refractivity contribution is 7.09. The minimum atomic E-state index is 0.118. The minimum absolute atomic E-state index is 0.118. The average Bonchev–Trinajstić information content (AvgIpc) is 2.89. The summed E-state index contributed by atoms with van der Waals surface area (Å²) in [5.41, 5.74) is 2.20. The standard InChI is InChI=1S/C11H16N4OS/c1-9-14-11(8-17-9)6-12-4-10-5-13-15(7-10)2-3-16/h5,7-8,12,16H,2-4,6H2,1H3. The average molecular weight is 252 g/mol. The predicted molar refractivity (Wildman–Crippen MR) is 66.7 cm³/mol. The molecule has 2 aromatic rings. The molecule has 92 valence electrons. The number of rotatable bonds is 6. The van der Waals surface area contributed by atoms with Crippen molar-refractivity contribution in [1.29, 1.82) is 0 Å². The van der Waals surface area contributed by atoms with Crippen LogP contribution in [-0.2, 0) is 19.6 Å². The first kappa shape index (κ1) is 12.2. The highest BCUT2D eigenvalue weighted by Crippen LogP contribution is 2.07. The second kappa shape index (κ2) is 5.90. The van der Waals surface area contributed by atoms with Gasteiger partial charge < -0.3 is 10.4 Å². The zero-order valence-corrected chi connectivity index (χ0v) is 10.6. The van der Waals surface area contributed by atoms with E-state index in [4.69, 9.17) is 5.11 Å². The molecule has 2 N–H and O–H groups in total. The first-order valence-electron chi connectivity index (χ1n) is 5.52. The van der Waals surface area contributed by atoms with Crippen LogP contribution < -0.4 is 5.32 Å². The maximum atomic E-state index is 8.77. The number of thiazole rings is 1. The lowest BCUT2D eigenvalue weighted by atomic mass is 10.3. The first-order chi connectivity index (χ1) is 8.28. The third-order valence-electron chi connectivity index (χ3n) is 2.32. The van der Waals surface area contributed by atoms with Crippen molar-refractivity contribution in [2.75, 3.05) is 6.61 Å². The number of aliphatic hydroxyl groups excluding tert-OH is 1. The van der Waals surface area contributed by atoms with Crippen LogP contribution >= 0.6 is 11.3 Å². The summed E-state index contributed by atoms with van der Waals surface area (Å²) in [5.74, 6) is 0. The molecule has 0 amide bonds. The minimum Gasteiger partial charge on any atom is -0.394 e. The molecule has 0 aliphatic heterocycles. The molecule has 0 aliphatic carbocycles. The number of aromatic nitrogens is 3. The molecule has 2 rings (SSSR count). The Morgan fingerprint density at radius 3 is 3.06 bits per heavy atom. The lowest BCUT2D eigenvalue weighted by Crippen LogP contribution is -2.12. The molecule has 0 fully saturated rings. The zero-order chi connectivity index (χ0) is 12.1. The van der Waals surface area contributed by atoms with Crippen molar-refractivity contribution in [2.45, 2.75) is 26.6 Å². The fraction of sp³-hybridized carbons (Fsp3) is 0.455. The van der Waals surface area contributed by atoms with Gasteiger partial charge in [-0.1, -0.05) is 0 Å². The number of hydrogen-bond acceptors (Lipinski definition) is 5. The molecule has 0 unspecified atom stereocenters. The van der Waals surface area contributed by atoms with Gasteiger partial charge in [0.05, 0.1) is 30.1 Å². The summed E-state index contributed by atoms with van der Waals surface area (Å²) in [5, 5.41) is 19.4. The molecule has 17 heavy (non-hydrogen) atoms. The van der Waals surface area contributed by atoms with Gasteiger partial charge in [-0.3, -0.25) is 4.68 Å². The van der Waals surface area contributed by atoms with E-state index in [1.165, 1.54) is 0 Å². The van der Waals surface area contributed by atoms with Gasteiger partial charge in [-0.15, -0.1) is 11.3 Å². The first-order valence-corrected chi connectivity index (χ1v) is 6.40. The topological polar surface area (TPSA) is 63.0 Å². The van der Waals surface area contributed by atoms with E-state index in [1.807, 2.05) is 19.3 Å². The molecule has 2 aromatic heterocycles. The van der Waals surface area contributed by atoms with Crippen LogP contribution in [0.1, 0.15) is 16.3 Å². The summed E-state index contributed by atoms with van der Waals surface area (Å²) in [6.45, 7) is 4.21. The Bertz CT molecular complexity index is 465. The van der Waals surface area contributed by atoms with Gasteiger partial charge in [0.25, 0.3) is 0 Å². The van der Waals surface area contributed by atoms with Crippen LogP contribution in [0.15, 0.2) is 17.8 Å². The third-order valence-corrected chi connectivity index (χ3v) is 3.14. The molecule has 2 heterocycles. The maximum Gasteiger partial charge on any atom is 0.0897 e. The molecular weight excluding hydrogens is 236 g/mol. The van der Waals surface area contributed by atoms with Gasteiger partial charge in [-0.25, -0.2) is 4.98 Å². The SMILES string of the molecule is Cc1nc(CNCc2cnn(CCO)c2)cs1. The molecule has 5 nitrogen and oxygen atoms in total. The van der Waals surface area contributed by atoms with E-state index in [0.717, 1.165) is 29.4 Å². The quantitative estimate of drug-likeness (QED) is 0.803. The summed E-state index contributed by atoms with van der Waals surface area (Å²) < 4.78 is 1.74.